The lowest BCUT2D eigenvalue weighted by Crippen LogP contribution is -1.96. The Bertz CT molecular complexity index is 718. The summed E-state index contributed by atoms with van der Waals surface area (Å²) in [6, 6.07) is 13.2. The van der Waals surface area contributed by atoms with E-state index < -0.39 is 4.92 Å². The van der Waals surface area contributed by atoms with E-state index >= 15 is 0 Å². The molecule has 4 nitrogen and oxygen atoms in total. The molecular weight excluding hydrogens is 254 g/mol. The number of benzene rings is 1. The average molecular weight is 267 g/mol. The van der Waals surface area contributed by atoms with Crippen LogP contribution in [-0.2, 0) is 0 Å². The second-order valence-electron chi connectivity index (χ2n) is 4.40. The molecule has 0 aromatic heterocycles. The predicted molar refractivity (Wildman–Crippen MR) is 79.5 cm³/mol. The highest BCUT2D eigenvalue weighted by molar-refractivity contribution is 5.69. The van der Waals surface area contributed by atoms with Gasteiger partial charge >= 0.3 is 0 Å². The Hall–Kier alpha value is -2.75. The van der Waals surface area contributed by atoms with E-state index in [9.17, 15) is 14.9 Å². The van der Waals surface area contributed by atoms with E-state index in [0.29, 0.717) is 5.56 Å². The molecule has 0 unspecified atom stereocenters. The van der Waals surface area contributed by atoms with Crippen molar-refractivity contribution in [3.63, 3.8) is 0 Å². The van der Waals surface area contributed by atoms with Gasteiger partial charge in [0, 0.05) is 12.1 Å². The van der Waals surface area contributed by atoms with E-state index in [1.54, 1.807) is 31.2 Å². The summed E-state index contributed by atoms with van der Waals surface area (Å²) in [5.74, 6) is 0. The van der Waals surface area contributed by atoms with Crippen LogP contribution in [0.15, 0.2) is 53.3 Å². The van der Waals surface area contributed by atoms with Crippen molar-refractivity contribution < 1.29 is 4.92 Å². The molecule has 0 saturated heterocycles. The molecular formula is C16H13NO3. The summed E-state index contributed by atoms with van der Waals surface area (Å²) < 4.78 is 0. The lowest BCUT2D eigenvalue weighted by atomic mass is 10.1. The third-order valence-corrected chi connectivity index (χ3v) is 2.91. The Labute approximate surface area is 116 Å². The van der Waals surface area contributed by atoms with Crippen LogP contribution < -0.4 is 5.43 Å². The van der Waals surface area contributed by atoms with Gasteiger partial charge in [0.05, 0.1) is 4.92 Å². The first-order valence-electron chi connectivity index (χ1n) is 6.10. The monoisotopic (exact) mass is 267 g/mol. The highest BCUT2D eigenvalue weighted by Gasteiger charge is 2.01. The van der Waals surface area contributed by atoms with Crippen LogP contribution >= 0.6 is 0 Å². The van der Waals surface area contributed by atoms with Crippen LogP contribution in [0.1, 0.15) is 16.7 Å². The third kappa shape index (κ3) is 3.38. The number of nitrogens with zero attached hydrogens (tertiary/aromatic N) is 1. The number of aryl methyl sites for hydroxylation is 1. The first-order valence-corrected chi connectivity index (χ1v) is 6.10. The number of rotatable bonds is 3. The van der Waals surface area contributed by atoms with E-state index in [0.717, 1.165) is 11.1 Å². The van der Waals surface area contributed by atoms with E-state index in [-0.39, 0.29) is 11.1 Å². The van der Waals surface area contributed by atoms with Crippen molar-refractivity contribution in [1.29, 1.82) is 0 Å². The maximum absolute atomic E-state index is 11.5. The second-order valence-corrected chi connectivity index (χ2v) is 4.40. The summed E-state index contributed by atoms with van der Waals surface area (Å²) >= 11 is 0. The Morgan fingerprint density at radius 2 is 1.40 bits per heavy atom. The Morgan fingerprint density at radius 3 is 1.95 bits per heavy atom. The molecule has 0 heterocycles. The van der Waals surface area contributed by atoms with Crippen molar-refractivity contribution in [3.05, 3.63) is 85.6 Å². The molecule has 0 aliphatic heterocycles. The molecule has 2 aromatic carbocycles. The molecule has 0 aliphatic carbocycles. The lowest BCUT2D eigenvalue weighted by molar-refractivity contribution is -0.384. The molecule has 0 N–H and O–H groups in total. The van der Waals surface area contributed by atoms with Gasteiger partial charge in [0.25, 0.3) is 5.69 Å². The first kappa shape index (κ1) is 13.7. The van der Waals surface area contributed by atoms with Crippen molar-refractivity contribution in [2.75, 3.05) is 0 Å². The van der Waals surface area contributed by atoms with Crippen molar-refractivity contribution in [3.8, 4) is 0 Å². The normalized spacial score (nSPS) is 10.7. The molecule has 2 rings (SSSR count). The SMILES string of the molecule is Cc1ccc(C=Cc2ccc([N+](=O)[O-])cc2)ccc1=O. The molecule has 0 saturated carbocycles. The number of nitro groups is 1. The zero-order chi connectivity index (χ0) is 14.5. The Morgan fingerprint density at radius 1 is 0.900 bits per heavy atom. The van der Waals surface area contributed by atoms with Gasteiger partial charge in [-0.15, -0.1) is 0 Å². The third-order valence-electron chi connectivity index (χ3n) is 2.91. The van der Waals surface area contributed by atoms with Gasteiger partial charge < -0.3 is 0 Å². The smallest absolute Gasteiger partial charge is 0.269 e. The van der Waals surface area contributed by atoms with Gasteiger partial charge in [-0.3, -0.25) is 14.9 Å². The highest BCUT2D eigenvalue weighted by atomic mass is 16.6. The molecule has 2 aromatic rings. The van der Waals surface area contributed by atoms with Gasteiger partial charge in [0.2, 0.25) is 0 Å². The predicted octanol–water partition coefficient (Wildman–Crippen LogP) is 3.43. The molecule has 20 heavy (non-hydrogen) atoms. The van der Waals surface area contributed by atoms with Gasteiger partial charge in [-0.25, -0.2) is 0 Å². The summed E-state index contributed by atoms with van der Waals surface area (Å²) in [6.07, 6.45) is 3.71. The summed E-state index contributed by atoms with van der Waals surface area (Å²) in [6.45, 7) is 1.77. The minimum atomic E-state index is -0.427. The average Bonchev–Trinajstić information content (AvgIpc) is 2.60. The fourth-order valence-corrected chi connectivity index (χ4v) is 1.67. The number of hydrogen-bond donors (Lipinski definition) is 0. The molecule has 0 spiro atoms. The van der Waals surface area contributed by atoms with Crippen molar-refractivity contribution in [2.24, 2.45) is 0 Å². The number of nitro benzene ring substituents is 1. The summed E-state index contributed by atoms with van der Waals surface area (Å²) in [5, 5.41) is 10.5. The maximum Gasteiger partial charge on any atom is 0.269 e. The molecule has 0 atom stereocenters. The van der Waals surface area contributed by atoms with Crippen LogP contribution in [0.4, 0.5) is 5.69 Å². The van der Waals surface area contributed by atoms with Gasteiger partial charge in [0.15, 0.2) is 5.43 Å². The van der Waals surface area contributed by atoms with Crippen LogP contribution in [0.5, 0.6) is 0 Å². The fourth-order valence-electron chi connectivity index (χ4n) is 1.67. The van der Waals surface area contributed by atoms with Crippen LogP contribution in [0.3, 0.4) is 0 Å². The summed E-state index contributed by atoms with van der Waals surface area (Å²) in [4.78, 5) is 21.6. The molecule has 0 amide bonds. The fraction of sp³-hybridized carbons (Fsp3) is 0.0625. The van der Waals surface area contributed by atoms with Gasteiger partial charge in [-0.05, 0) is 41.8 Å². The minimum absolute atomic E-state index is 0.0000131. The quantitative estimate of drug-likeness (QED) is 0.632. The molecule has 100 valence electrons. The zero-order valence-corrected chi connectivity index (χ0v) is 10.9. The highest BCUT2D eigenvalue weighted by Crippen LogP contribution is 2.14. The van der Waals surface area contributed by atoms with Gasteiger partial charge in [-0.2, -0.15) is 0 Å². The van der Waals surface area contributed by atoms with Crippen molar-refractivity contribution >= 4 is 17.8 Å². The number of non-ortho nitro benzene ring substituents is 1. The maximum atomic E-state index is 11.5. The molecule has 0 aliphatic rings. The molecule has 0 fully saturated rings. The van der Waals surface area contributed by atoms with E-state index in [4.69, 9.17) is 0 Å². The minimum Gasteiger partial charge on any atom is -0.290 e. The van der Waals surface area contributed by atoms with E-state index in [1.807, 2.05) is 18.2 Å². The van der Waals surface area contributed by atoms with Gasteiger partial charge in [0.1, 0.15) is 0 Å². The molecule has 0 bridgehead atoms. The Balaban J connectivity index is 2.23. The first-order chi connectivity index (χ1) is 9.56. The van der Waals surface area contributed by atoms with E-state index in [1.165, 1.54) is 18.2 Å². The molecule has 0 radical (unpaired) electrons. The lowest BCUT2D eigenvalue weighted by Gasteiger charge is -1.93. The van der Waals surface area contributed by atoms with Crippen LogP contribution in [0.2, 0.25) is 0 Å². The van der Waals surface area contributed by atoms with Crippen LogP contribution in [0.25, 0.3) is 12.2 Å². The zero-order valence-electron chi connectivity index (χ0n) is 10.9. The summed E-state index contributed by atoms with van der Waals surface area (Å²) in [7, 11) is 0. The second kappa shape index (κ2) is 5.93. The van der Waals surface area contributed by atoms with Crippen molar-refractivity contribution in [1.82, 2.24) is 0 Å². The Kier molecular flexibility index (Phi) is 4.05. The van der Waals surface area contributed by atoms with Gasteiger partial charge in [-0.1, -0.05) is 30.4 Å². The van der Waals surface area contributed by atoms with Crippen LogP contribution in [0, 0.1) is 17.0 Å². The van der Waals surface area contributed by atoms with Crippen molar-refractivity contribution in [2.45, 2.75) is 6.92 Å². The largest absolute Gasteiger partial charge is 0.290 e. The number of hydrogen-bond acceptors (Lipinski definition) is 3. The summed E-state index contributed by atoms with van der Waals surface area (Å²) in [5.41, 5.74) is 2.52. The van der Waals surface area contributed by atoms with Crippen LogP contribution in [-0.4, -0.2) is 4.92 Å². The topological polar surface area (TPSA) is 60.2 Å². The standard InChI is InChI=1S/C16H13NO3/c1-12-2-3-13(8-11-16(12)18)4-5-14-6-9-15(10-7-14)17(19)20/h2-11H,1H3. The van der Waals surface area contributed by atoms with E-state index in [2.05, 4.69) is 0 Å². The molecule has 4 heteroatoms.